The Morgan fingerprint density at radius 2 is 1.24 bits per heavy atom. The predicted octanol–water partition coefficient (Wildman–Crippen LogP) is 5.89. The normalized spacial score (nSPS) is 13.8. The van der Waals surface area contributed by atoms with Gasteiger partial charge < -0.3 is 10.2 Å². The van der Waals surface area contributed by atoms with E-state index in [0.29, 0.717) is 0 Å². The van der Waals surface area contributed by atoms with E-state index in [9.17, 15) is 23.2 Å². The smallest absolute Gasteiger partial charge is 0.283 e. The Balaban J connectivity index is 2.68. The molecule has 3 aromatic carbocycles. The molecule has 10 heteroatoms. The van der Waals surface area contributed by atoms with Gasteiger partial charge in [0.15, 0.2) is 4.75 Å². The molecule has 0 bridgehead atoms. The molecule has 0 spiro atoms. The molecule has 0 aliphatic carbocycles. The molecule has 0 aliphatic rings. The maximum Gasteiger partial charge on any atom is 0.283 e. The fourth-order valence-corrected chi connectivity index (χ4v) is 6.02. The summed E-state index contributed by atoms with van der Waals surface area (Å²) < 4.78 is 34.0. The van der Waals surface area contributed by atoms with Crippen molar-refractivity contribution in [2.75, 3.05) is 0 Å². The van der Waals surface area contributed by atoms with Crippen molar-refractivity contribution >= 4 is 56.5 Å². The van der Waals surface area contributed by atoms with Crippen LogP contribution in [0.4, 0.5) is 0 Å². The molecule has 0 aromatic heterocycles. The molecule has 3 N–H and O–H groups in total. The number of benzene rings is 3. The van der Waals surface area contributed by atoms with Crippen LogP contribution in [0.3, 0.4) is 0 Å². The quantitative estimate of drug-likeness (QED) is 0.311. The number of hydrogen-bond donors (Lipinski definition) is 3. The largest absolute Gasteiger partial charge is 0.508 e. The second kappa shape index (κ2) is 7.87. The van der Waals surface area contributed by atoms with E-state index in [-0.39, 0.29) is 42.5 Å². The molecule has 0 saturated carbocycles. The number of phenols is 2. The van der Waals surface area contributed by atoms with Crippen molar-refractivity contribution in [3.63, 3.8) is 0 Å². The molecule has 3 aromatic rings. The van der Waals surface area contributed by atoms with Crippen LogP contribution in [0, 0.1) is 0 Å². The minimum atomic E-state index is -5.16. The van der Waals surface area contributed by atoms with E-state index >= 15 is 0 Å². The minimum absolute atomic E-state index is 0.0512. The van der Waals surface area contributed by atoms with Crippen LogP contribution in [0.1, 0.15) is 16.7 Å². The van der Waals surface area contributed by atoms with Crippen molar-refractivity contribution < 1.29 is 23.2 Å². The lowest BCUT2D eigenvalue weighted by molar-refractivity contribution is 0.440. The van der Waals surface area contributed by atoms with Crippen LogP contribution in [0.15, 0.2) is 54.6 Å². The molecule has 1 atom stereocenters. The SMILES string of the molecule is O=S(=O)(O)C(c1ccccc1Cl)(c1cccc(Cl)c1O)c1c(Cl)cc(O)cc1Cl. The molecule has 152 valence electrons. The fourth-order valence-electron chi connectivity index (χ4n) is 3.26. The molecular formula is C19H12Cl4O5S. The standard InChI is InChI=1S/C19H12Cl4O5S/c20-13-6-2-1-4-11(13)19(29(26,27)28,12-5-3-7-14(21)18(12)25)17-15(22)8-10(24)9-16(17)23/h1-9,24-25H,(H,26,27,28). The third-order valence-corrected chi connectivity index (χ3v) is 7.03. The van der Waals surface area contributed by atoms with Gasteiger partial charge in [0.05, 0.1) is 15.1 Å². The Labute approximate surface area is 186 Å². The zero-order chi connectivity index (χ0) is 21.6. The van der Waals surface area contributed by atoms with Crippen molar-refractivity contribution in [1.82, 2.24) is 0 Å². The first-order chi connectivity index (χ1) is 13.5. The average Bonchev–Trinajstić information content (AvgIpc) is 2.60. The van der Waals surface area contributed by atoms with E-state index in [4.69, 9.17) is 46.4 Å². The Morgan fingerprint density at radius 1 is 0.724 bits per heavy atom. The zero-order valence-electron chi connectivity index (χ0n) is 14.3. The van der Waals surface area contributed by atoms with Gasteiger partial charge >= 0.3 is 0 Å². The minimum Gasteiger partial charge on any atom is -0.508 e. The molecule has 0 saturated heterocycles. The van der Waals surface area contributed by atoms with E-state index < -0.39 is 20.6 Å². The van der Waals surface area contributed by atoms with Gasteiger partial charge in [-0.05, 0) is 24.3 Å². The molecule has 0 fully saturated rings. The van der Waals surface area contributed by atoms with E-state index in [1.54, 1.807) is 6.07 Å². The number of phenolic OH excluding ortho intramolecular Hbond substituents is 2. The summed E-state index contributed by atoms with van der Waals surface area (Å²) in [5, 5.41) is 19.7. The fraction of sp³-hybridized carbons (Fsp3) is 0.0526. The summed E-state index contributed by atoms with van der Waals surface area (Å²) in [6.07, 6.45) is 0. The van der Waals surface area contributed by atoms with Gasteiger partial charge in [0.2, 0.25) is 0 Å². The van der Waals surface area contributed by atoms with Gasteiger partial charge in [-0.15, -0.1) is 0 Å². The molecular weight excluding hydrogens is 482 g/mol. The average molecular weight is 494 g/mol. The highest BCUT2D eigenvalue weighted by molar-refractivity contribution is 7.87. The molecule has 0 heterocycles. The number of hydrogen-bond acceptors (Lipinski definition) is 4. The van der Waals surface area contributed by atoms with Crippen molar-refractivity contribution in [2.24, 2.45) is 0 Å². The first-order valence-electron chi connectivity index (χ1n) is 7.90. The number of halogens is 4. The van der Waals surface area contributed by atoms with Crippen molar-refractivity contribution in [2.45, 2.75) is 4.75 Å². The molecule has 29 heavy (non-hydrogen) atoms. The summed E-state index contributed by atoms with van der Waals surface area (Å²) >= 11 is 24.9. The third kappa shape index (κ3) is 3.54. The van der Waals surface area contributed by atoms with Crippen LogP contribution in [-0.4, -0.2) is 23.2 Å². The van der Waals surface area contributed by atoms with Crippen LogP contribution < -0.4 is 0 Å². The molecule has 5 nitrogen and oxygen atoms in total. The highest BCUT2D eigenvalue weighted by Gasteiger charge is 2.53. The van der Waals surface area contributed by atoms with E-state index in [2.05, 4.69) is 0 Å². The lowest BCUT2D eigenvalue weighted by atomic mass is 9.83. The summed E-state index contributed by atoms with van der Waals surface area (Å²) in [5.74, 6) is -0.950. The maximum absolute atomic E-state index is 13.0. The van der Waals surface area contributed by atoms with E-state index in [0.717, 1.165) is 12.1 Å². The molecule has 0 radical (unpaired) electrons. The summed E-state index contributed by atoms with van der Waals surface area (Å²) in [7, 11) is -5.16. The Bertz CT molecular complexity index is 1190. The van der Waals surface area contributed by atoms with Gasteiger partial charge in [-0.25, -0.2) is 0 Å². The van der Waals surface area contributed by atoms with Crippen molar-refractivity contribution in [1.29, 1.82) is 0 Å². The second-order valence-electron chi connectivity index (χ2n) is 6.06. The number of aromatic hydroxyl groups is 2. The first kappa shape index (κ1) is 22.0. The van der Waals surface area contributed by atoms with Crippen LogP contribution >= 0.6 is 46.4 Å². The summed E-state index contributed by atoms with van der Waals surface area (Å²) in [6.45, 7) is 0. The van der Waals surface area contributed by atoms with Crippen LogP contribution in [0.25, 0.3) is 0 Å². The maximum atomic E-state index is 13.0. The Morgan fingerprint density at radius 3 is 1.79 bits per heavy atom. The van der Waals surface area contributed by atoms with Gasteiger partial charge in [-0.3, -0.25) is 4.55 Å². The van der Waals surface area contributed by atoms with Crippen molar-refractivity contribution in [3.8, 4) is 11.5 Å². The summed E-state index contributed by atoms with van der Waals surface area (Å²) in [4.78, 5) is 0. The number of para-hydroxylation sites is 1. The zero-order valence-corrected chi connectivity index (χ0v) is 18.1. The lowest BCUT2D eigenvalue weighted by Crippen LogP contribution is -2.39. The van der Waals surface area contributed by atoms with Crippen LogP contribution in [0.5, 0.6) is 11.5 Å². The van der Waals surface area contributed by atoms with Gasteiger partial charge in [-0.1, -0.05) is 76.7 Å². The van der Waals surface area contributed by atoms with E-state index in [1.165, 1.54) is 36.4 Å². The second-order valence-corrected chi connectivity index (χ2v) is 9.25. The topological polar surface area (TPSA) is 94.8 Å². The van der Waals surface area contributed by atoms with Crippen LogP contribution in [-0.2, 0) is 14.9 Å². The predicted molar refractivity (Wildman–Crippen MR) is 114 cm³/mol. The van der Waals surface area contributed by atoms with Gasteiger partial charge in [-0.2, -0.15) is 8.42 Å². The molecule has 0 aliphatic heterocycles. The molecule has 1 unspecified atom stereocenters. The van der Waals surface area contributed by atoms with Gasteiger partial charge in [0.1, 0.15) is 11.5 Å². The molecule has 3 rings (SSSR count). The van der Waals surface area contributed by atoms with Gasteiger partial charge in [0.25, 0.3) is 10.1 Å². The van der Waals surface area contributed by atoms with E-state index in [1.807, 2.05) is 0 Å². The third-order valence-electron chi connectivity index (χ3n) is 4.39. The van der Waals surface area contributed by atoms with Crippen molar-refractivity contribution in [3.05, 3.63) is 91.4 Å². The summed E-state index contributed by atoms with van der Waals surface area (Å²) in [5.41, 5.74) is -0.766. The molecule has 0 amide bonds. The number of rotatable bonds is 4. The van der Waals surface area contributed by atoms with Gasteiger partial charge in [0, 0.05) is 21.7 Å². The monoisotopic (exact) mass is 492 g/mol. The Hall–Kier alpha value is -1.67. The lowest BCUT2D eigenvalue weighted by Gasteiger charge is -2.35. The highest BCUT2D eigenvalue weighted by atomic mass is 35.5. The summed E-state index contributed by atoms with van der Waals surface area (Å²) in [6, 6.07) is 11.9. The van der Waals surface area contributed by atoms with Crippen LogP contribution in [0.2, 0.25) is 20.1 Å². The Kier molecular flexibility index (Phi) is 5.98. The highest BCUT2D eigenvalue weighted by Crippen LogP contribution is 2.54. The first-order valence-corrected chi connectivity index (χ1v) is 10.9.